The van der Waals surface area contributed by atoms with Crippen LogP contribution >= 0.6 is 0 Å². The maximum absolute atomic E-state index is 13.9. The molecule has 2 saturated heterocycles. The van der Waals surface area contributed by atoms with Crippen LogP contribution in [0.25, 0.3) is 0 Å². The third-order valence-corrected chi connectivity index (χ3v) is 7.87. The number of rotatable bonds is 7. The molecule has 2 aliphatic heterocycles. The highest BCUT2D eigenvalue weighted by atomic mass is 16.5. The van der Waals surface area contributed by atoms with Crippen molar-refractivity contribution in [2.75, 3.05) is 21.3 Å². The van der Waals surface area contributed by atoms with E-state index in [0.717, 1.165) is 19.3 Å². The van der Waals surface area contributed by atoms with Gasteiger partial charge < -0.3 is 24.4 Å². The zero-order chi connectivity index (χ0) is 26.4. The number of amides is 2. The normalized spacial score (nSPS) is 29.1. The van der Waals surface area contributed by atoms with Crippen molar-refractivity contribution < 1.29 is 43.6 Å². The van der Waals surface area contributed by atoms with Gasteiger partial charge in [0.2, 0.25) is 11.8 Å². The van der Waals surface area contributed by atoms with E-state index in [1.807, 2.05) is 0 Å². The Hall–Kier alpha value is -3.18. The van der Waals surface area contributed by atoms with Gasteiger partial charge in [0.25, 0.3) is 0 Å². The van der Waals surface area contributed by atoms with Crippen LogP contribution in [0.3, 0.4) is 0 Å². The minimum Gasteiger partial charge on any atom is -0.497 e. The van der Waals surface area contributed by atoms with E-state index in [1.165, 1.54) is 45.3 Å². The third kappa shape index (κ3) is 3.72. The molecule has 1 aromatic rings. The van der Waals surface area contributed by atoms with Gasteiger partial charge in [-0.2, -0.15) is 0 Å². The molecule has 2 amide bonds. The van der Waals surface area contributed by atoms with E-state index in [2.05, 4.69) is 5.32 Å². The van der Waals surface area contributed by atoms with Crippen molar-refractivity contribution in [3.8, 4) is 11.5 Å². The summed E-state index contributed by atoms with van der Waals surface area (Å²) >= 11 is 0. The lowest BCUT2D eigenvalue weighted by molar-refractivity contribution is -0.157. The number of fused-ring (bicyclic) bond motifs is 1. The van der Waals surface area contributed by atoms with Crippen LogP contribution in [0.1, 0.15) is 61.0 Å². The number of aliphatic hydroxyl groups is 1. The summed E-state index contributed by atoms with van der Waals surface area (Å²) in [4.78, 5) is 54.4. The highest BCUT2D eigenvalue weighted by Crippen LogP contribution is 2.52. The van der Waals surface area contributed by atoms with Crippen LogP contribution in [-0.4, -0.2) is 77.9 Å². The van der Waals surface area contributed by atoms with Gasteiger partial charge in [0.15, 0.2) is 5.54 Å². The second-order valence-corrected chi connectivity index (χ2v) is 9.60. The number of likely N-dealkylation sites (tertiary alicyclic amines) is 1. The lowest BCUT2D eigenvalue weighted by atomic mass is 9.76. The highest BCUT2D eigenvalue weighted by molar-refractivity contribution is 6.10. The zero-order valence-electron chi connectivity index (χ0n) is 20.8. The number of benzene rings is 1. The first kappa shape index (κ1) is 25.9. The molecule has 5 unspecified atom stereocenters. The summed E-state index contributed by atoms with van der Waals surface area (Å²) in [7, 11) is 3.95. The minimum absolute atomic E-state index is 0.0276. The Kier molecular flexibility index (Phi) is 6.98. The summed E-state index contributed by atoms with van der Waals surface area (Å²) < 4.78 is 15.7. The van der Waals surface area contributed by atoms with E-state index >= 15 is 0 Å². The SMILES string of the molecule is COC(=O)c1c(OC)cc(OC)cc1C1NC(C(=O)O)(C(C)O)C2C(=O)N(C3CCCCC3)C(=O)C12. The number of aliphatic carboxylic acids is 1. The standard InChI is InChI=1S/C25H32N2O9/c1-12(28)25(24(32)33)19-18(21(29)27(22(19)30)13-8-6-5-7-9-13)20(26-25)15-10-14(34-2)11-16(35-3)17(15)23(31)36-4/h10-13,18-20,26,28H,5-9H2,1-4H3,(H,32,33). The average molecular weight is 505 g/mol. The molecule has 1 aliphatic carbocycles. The van der Waals surface area contributed by atoms with Gasteiger partial charge >= 0.3 is 11.9 Å². The van der Waals surface area contributed by atoms with E-state index in [0.29, 0.717) is 18.6 Å². The Morgan fingerprint density at radius 1 is 1.08 bits per heavy atom. The summed E-state index contributed by atoms with van der Waals surface area (Å²) in [5, 5.41) is 24.0. The van der Waals surface area contributed by atoms with Gasteiger partial charge in [0.1, 0.15) is 17.1 Å². The van der Waals surface area contributed by atoms with Crippen molar-refractivity contribution in [1.82, 2.24) is 10.2 Å². The average Bonchev–Trinajstić information content (AvgIpc) is 3.37. The molecule has 4 rings (SSSR count). The monoisotopic (exact) mass is 504 g/mol. The minimum atomic E-state index is -2.16. The van der Waals surface area contributed by atoms with E-state index < -0.39 is 53.3 Å². The van der Waals surface area contributed by atoms with Crippen molar-refractivity contribution >= 4 is 23.8 Å². The molecule has 2 heterocycles. The van der Waals surface area contributed by atoms with Gasteiger partial charge in [-0.05, 0) is 31.4 Å². The molecule has 11 heteroatoms. The fraction of sp³-hybridized carbons (Fsp3) is 0.600. The number of carbonyl (C=O) groups excluding carboxylic acids is 3. The Labute approximate surface area is 208 Å². The number of esters is 1. The molecule has 5 atom stereocenters. The number of aliphatic hydroxyl groups excluding tert-OH is 1. The summed E-state index contributed by atoms with van der Waals surface area (Å²) in [6.45, 7) is 1.27. The molecule has 3 N–H and O–H groups in total. The van der Waals surface area contributed by atoms with Gasteiger partial charge in [-0.3, -0.25) is 24.6 Å². The molecule has 1 saturated carbocycles. The van der Waals surface area contributed by atoms with E-state index in [9.17, 15) is 29.4 Å². The second-order valence-electron chi connectivity index (χ2n) is 9.60. The zero-order valence-corrected chi connectivity index (χ0v) is 20.8. The van der Waals surface area contributed by atoms with Gasteiger partial charge in [-0.25, -0.2) is 4.79 Å². The van der Waals surface area contributed by atoms with E-state index in [1.54, 1.807) is 0 Å². The molecule has 11 nitrogen and oxygen atoms in total. The summed E-state index contributed by atoms with van der Waals surface area (Å²) in [6, 6.07) is 1.51. The molecular formula is C25H32N2O9. The quantitative estimate of drug-likeness (QED) is 0.366. The van der Waals surface area contributed by atoms with Gasteiger partial charge in [0, 0.05) is 18.2 Å². The number of ether oxygens (including phenoxy) is 3. The number of carbonyl (C=O) groups is 4. The predicted molar refractivity (Wildman–Crippen MR) is 125 cm³/mol. The molecule has 1 aromatic carbocycles. The molecule has 196 valence electrons. The van der Waals surface area contributed by atoms with Crippen molar-refractivity contribution in [2.24, 2.45) is 11.8 Å². The Bertz CT molecular complexity index is 1080. The first-order valence-electron chi connectivity index (χ1n) is 12.0. The number of carboxylic acids is 1. The number of hydrogen-bond donors (Lipinski definition) is 3. The van der Waals surface area contributed by atoms with Crippen LogP contribution in [0, 0.1) is 11.8 Å². The third-order valence-electron chi connectivity index (χ3n) is 7.87. The van der Waals surface area contributed by atoms with Crippen molar-refractivity contribution in [1.29, 1.82) is 0 Å². The van der Waals surface area contributed by atoms with Gasteiger partial charge in [0.05, 0.1) is 39.3 Å². The summed E-state index contributed by atoms with van der Waals surface area (Å²) in [6.07, 6.45) is 2.47. The molecule has 3 fully saturated rings. The molecule has 0 radical (unpaired) electrons. The molecule has 0 aromatic heterocycles. The van der Waals surface area contributed by atoms with E-state index in [-0.39, 0.29) is 22.9 Å². The van der Waals surface area contributed by atoms with Crippen molar-refractivity contribution in [3.05, 3.63) is 23.3 Å². The molecule has 0 bridgehead atoms. The van der Waals surface area contributed by atoms with Crippen LogP contribution in [0.4, 0.5) is 0 Å². The van der Waals surface area contributed by atoms with Crippen LogP contribution in [0.2, 0.25) is 0 Å². The van der Waals surface area contributed by atoms with Crippen LogP contribution in [0.15, 0.2) is 12.1 Å². The number of nitrogens with zero attached hydrogens (tertiary/aromatic N) is 1. The Balaban J connectivity index is 1.94. The Morgan fingerprint density at radius 3 is 2.28 bits per heavy atom. The summed E-state index contributed by atoms with van der Waals surface area (Å²) in [5.41, 5.74) is -2.00. The molecule has 36 heavy (non-hydrogen) atoms. The highest BCUT2D eigenvalue weighted by Gasteiger charge is 2.71. The van der Waals surface area contributed by atoms with Gasteiger partial charge in [-0.1, -0.05) is 19.3 Å². The van der Waals surface area contributed by atoms with Crippen LogP contribution < -0.4 is 14.8 Å². The number of methoxy groups -OCH3 is 3. The number of imide groups is 1. The lowest BCUT2D eigenvalue weighted by Gasteiger charge is -2.36. The van der Waals surface area contributed by atoms with E-state index in [4.69, 9.17) is 14.2 Å². The largest absolute Gasteiger partial charge is 0.497 e. The van der Waals surface area contributed by atoms with Crippen LogP contribution in [-0.2, 0) is 19.1 Å². The first-order valence-corrected chi connectivity index (χ1v) is 12.0. The molecule has 3 aliphatic rings. The predicted octanol–water partition coefficient (Wildman–Crippen LogP) is 1.27. The maximum Gasteiger partial charge on any atom is 0.341 e. The lowest BCUT2D eigenvalue weighted by Crippen LogP contribution is -2.62. The topological polar surface area (TPSA) is 152 Å². The number of nitrogens with one attached hydrogen (secondary N) is 1. The van der Waals surface area contributed by atoms with Crippen LogP contribution in [0.5, 0.6) is 11.5 Å². The smallest absolute Gasteiger partial charge is 0.341 e. The fourth-order valence-corrected chi connectivity index (χ4v) is 6.14. The molecular weight excluding hydrogens is 472 g/mol. The fourth-order valence-electron chi connectivity index (χ4n) is 6.14. The molecule has 0 spiro atoms. The first-order chi connectivity index (χ1) is 17.1. The number of carboxylic acid groups (broad SMARTS) is 1. The summed E-state index contributed by atoms with van der Waals surface area (Å²) in [5.74, 6) is -5.54. The maximum atomic E-state index is 13.9. The number of hydrogen-bond acceptors (Lipinski definition) is 9. The van der Waals surface area contributed by atoms with Gasteiger partial charge in [-0.15, -0.1) is 0 Å². The van der Waals surface area contributed by atoms with Crippen molar-refractivity contribution in [2.45, 2.75) is 62.8 Å². The second kappa shape index (κ2) is 9.70. The Morgan fingerprint density at radius 2 is 1.75 bits per heavy atom. The van der Waals surface area contributed by atoms with Crippen molar-refractivity contribution in [3.63, 3.8) is 0 Å².